The summed E-state index contributed by atoms with van der Waals surface area (Å²) in [6, 6.07) is 3.11. The van der Waals surface area contributed by atoms with E-state index in [1.54, 1.807) is 40.0 Å². The van der Waals surface area contributed by atoms with Crippen LogP contribution in [0.2, 0.25) is 0 Å². The molecule has 0 heterocycles. The van der Waals surface area contributed by atoms with E-state index in [1.165, 1.54) is 0 Å². The molecular formula is C12H20N2O3S. The van der Waals surface area contributed by atoms with Gasteiger partial charge in [-0.1, -0.05) is 0 Å². The highest BCUT2D eigenvalue weighted by Gasteiger charge is 2.21. The third-order valence-electron chi connectivity index (χ3n) is 2.65. The fourth-order valence-electron chi connectivity index (χ4n) is 1.82. The number of aryl methyl sites for hydroxylation is 2. The first-order chi connectivity index (χ1) is 8.31. The van der Waals surface area contributed by atoms with Gasteiger partial charge in [0.2, 0.25) is 10.0 Å². The van der Waals surface area contributed by atoms with Crippen LogP contribution in [-0.4, -0.2) is 28.1 Å². The highest BCUT2D eigenvalue weighted by Crippen LogP contribution is 2.25. The van der Waals surface area contributed by atoms with Crippen LogP contribution in [0.25, 0.3) is 0 Å². The van der Waals surface area contributed by atoms with Gasteiger partial charge >= 0.3 is 0 Å². The summed E-state index contributed by atoms with van der Waals surface area (Å²) in [5.74, 6) is 0.649. The van der Waals surface area contributed by atoms with Crippen molar-refractivity contribution in [3.8, 4) is 5.75 Å². The average Bonchev–Trinajstić information content (AvgIpc) is 2.26. The van der Waals surface area contributed by atoms with E-state index in [1.807, 2.05) is 0 Å². The fourth-order valence-corrected chi connectivity index (χ4v) is 3.53. The van der Waals surface area contributed by atoms with E-state index in [0.29, 0.717) is 21.8 Å². The molecule has 0 spiro atoms. The van der Waals surface area contributed by atoms with E-state index in [4.69, 9.17) is 10.5 Å². The van der Waals surface area contributed by atoms with Crippen LogP contribution in [0.5, 0.6) is 5.75 Å². The molecule has 1 aromatic rings. The molecule has 0 aromatic heterocycles. The fraction of sp³-hybridized carbons (Fsp3) is 0.500. The summed E-state index contributed by atoms with van der Waals surface area (Å²) in [5, 5.41) is 0. The number of ether oxygens (including phenoxy) is 1. The number of methoxy groups -OCH3 is 1. The van der Waals surface area contributed by atoms with Gasteiger partial charge < -0.3 is 10.5 Å². The first-order valence-corrected chi connectivity index (χ1v) is 7.17. The van der Waals surface area contributed by atoms with Crippen molar-refractivity contribution in [1.29, 1.82) is 0 Å². The molecule has 0 saturated carbocycles. The lowest BCUT2D eigenvalue weighted by Crippen LogP contribution is -2.38. The van der Waals surface area contributed by atoms with Crippen LogP contribution in [0.4, 0.5) is 0 Å². The molecule has 102 valence electrons. The number of hydrogen-bond donors (Lipinski definition) is 2. The second-order valence-electron chi connectivity index (χ2n) is 4.35. The predicted octanol–water partition coefficient (Wildman–Crippen LogP) is 0.938. The van der Waals surface area contributed by atoms with E-state index < -0.39 is 10.0 Å². The van der Waals surface area contributed by atoms with Crippen molar-refractivity contribution in [2.24, 2.45) is 5.73 Å². The molecule has 18 heavy (non-hydrogen) atoms. The van der Waals surface area contributed by atoms with Crippen molar-refractivity contribution in [2.75, 3.05) is 13.7 Å². The maximum Gasteiger partial charge on any atom is 0.241 e. The average molecular weight is 272 g/mol. The van der Waals surface area contributed by atoms with Gasteiger partial charge in [0.1, 0.15) is 5.75 Å². The van der Waals surface area contributed by atoms with Crippen molar-refractivity contribution >= 4 is 10.0 Å². The van der Waals surface area contributed by atoms with E-state index in [9.17, 15) is 8.42 Å². The molecular weight excluding hydrogens is 252 g/mol. The summed E-state index contributed by atoms with van der Waals surface area (Å²) >= 11 is 0. The lowest BCUT2D eigenvalue weighted by molar-refractivity contribution is 0.413. The SMILES string of the molecule is COc1cc(C)c(S(=O)(=O)N[C@H](C)CN)c(C)c1. The molecule has 1 atom stereocenters. The second kappa shape index (κ2) is 5.69. The number of hydrogen-bond acceptors (Lipinski definition) is 4. The van der Waals surface area contributed by atoms with Gasteiger partial charge in [0.05, 0.1) is 12.0 Å². The third kappa shape index (κ3) is 3.22. The Balaban J connectivity index is 3.25. The standard InChI is InChI=1S/C12H20N2O3S/c1-8-5-11(17-4)6-9(2)12(8)18(15,16)14-10(3)7-13/h5-6,10,14H,7,13H2,1-4H3/t10-/m1/s1. The Morgan fingerprint density at radius 2 is 1.83 bits per heavy atom. The first-order valence-electron chi connectivity index (χ1n) is 5.69. The Morgan fingerprint density at radius 1 is 1.33 bits per heavy atom. The molecule has 0 amide bonds. The monoisotopic (exact) mass is 272 g/mol. The maximum atomic E-state index is 12.2. The topological polar surface area (TPSA) is 81.4 Å². The number of sulfonamides is 1. The quantitative estimate of drug-likeness (QED) is 0.835. The smallest absolute Gasteiger partial charge is 0.241 e. The van der Waals surface area contributed by atoms with Gasteiger partial charge in [-0.25, -0.2) is 13.1 Å². The van der Waals surface area contributed by atoms with Gasteiger partial charge in [-0.2, -0.15) is 0 Å². The Labute approximate surface area is 108 Å². The molecule has 1 rings (SSSR count). The van der Waals surface area contributed by atoms with E-state index >= 15 is 0 Å². The lowest BCUT2D eigenvalue weighted by atomic mass is 10.1. The number of nitrogens with two attached hydrogens (primary N) is 1. The summed E-state index contributed by atoms with van der Waals surface area (Å²) < 4.78 is 32.1. The molecule has 0 bridgehead atoms. The molecule has 0 saturated heterocycles. The minimum Gasteiger partial charge on any atom is -0.497 e. The minimum atomic E-state index is -3.54. The van der Waals surface area contributed by atoms with Crippen LogP contribution in [0.15, 0.2) is 17.0 Å². The molecule has 0 radical (unpaired) electrons. The van der Waals surface area contributed by atoms with Crippen molar-refractivity contribution in [2.45, 2.75) is 31.7 Å². The highest BCUT2D eigenvalue weighted by molar-refractivity contribution is 7.89. The third-order valence-corrected chi connectivity index (χ3v) is 4.54. The van der Waals surface area contributed by atoms with Crippen LogP contribution in [0, 0.1) is 13.8 Å². The summed E-state index contributed by atoms with van der Waals surface area (Å²) in [6.45, 7) is 5.48. The van der Waals surface area contributed by atoms with Gasteiger partial charge in [-0.05, 0) is 44.0 Å². The molecule has 6 heteroatoms. The maximum absolute atomic E-state index is 12.2. The van der Waals surface area contributed by atoms with Gasteiger partial charge in [0.25, 0.3) is 0 Å². The number of rotatable bonds is 5. The van der Waals surface area contributed by atoms with E-state index in [2.05, 4.69) is 4.72 Å². The van der Waals surface area contributed by atoms with Gasteiger partial charge in [-0.15, -0.1) is 0 Å². The minimum absolute atomic E-state index is 0.257. The van der Waals surface area contributed by atoms with Gasteiger partial charge in [0.15, 0.2) is 0 Å². The zero-order valence-corrected chi connectivity index (χ0v) is 12.0. The molecule has 0 unspecified atom stereocenters. The van der Waals surface area contributed by atoms with Crippen molar-refractivity contribution in [1.82, 2.24) is 4.72 Å². The first kappa shape index (κ1) is 14.9. The van der Waals surface area contributed by atoms with E-state index in [0.717, 1.165) is 0 Å². The zero-order valence-electron chi connectivity index (χ0n) is 11.1. The summed E-state index contributed by atoms with van der Waals surface area (Å²) in [7, 11) is -1.99. The summed E-state index contributed by atoms with van der Waals surface area (Å²) in [5.41, 5.74) is 6.74. The highest BCUT2D eigenvalue weighted by atomic mass is 32.2. The predicted molar refractivity (Wildman–Crippen MR) is 71.3 cm³/mol. The van der Waals surface area contributed by atoms with Gasteiger partial charge in [-0.3, -0.25) is 0 Å². The van der Waals surface area contributed by atoms with E-state index in [-0.39, 0.29) is 12.6 Å². The number of nitrogens with one attached hydrogen (secondary N) is 1. The molecule has 5 nitrogen and oxygen atoms in total. The molecule has 0 aliphatic carbocycles. The summed E-state index contributed by atoms with van der Waals surface area (Å²) in [6.07, 6.45) is 0. The Morgan fingerprint density at radius 3 is 2.22 bits per heavy atom. The van der Waals surface area contributed by atoms with Crippen LogP contribution in [0.1, 0.15) is 18.1 Å². The molecule has 0 aliphatic rings. The zero-order chi connectivity index (χ0) is 13.9. The summed E-state index contributed by atoms with van der Waals surface area (Å²) in [4.78, 5) is 0.295. The van der Waals surface area contributed by atoms with Crippen molar-refractivity contribution < 1.29 is 13.2 Å². The normalized spacial score (nSPS) is 13.4. The van der Waals surface area contributed by atoms with Crippen LogP contribution >= 0.6 is 0 Å². The van der Waals surface area contributed by atoms with Crippen LogP contribution in [-0.2, 0) is 10.0 Å². The number of benzene rings is 1. The Hall–Kier alpha value is -1.11. The largest absolute Gasteiger partial charge is 0.497 e. The lowest BCUT2D eigenvalue weighted by Gasteiger charge is -2.16. The van der Waals surface area contributed by atoms with Crippen LogP contribution in [0.3, 0.4) is 0 Å². The Kier molecular flexibility index (Phi) is 4.72. The molecule has 1 aromatic carbocycles. The Bertz CT molecular complexity index is 503. The van der Waals surface area contributed by atoms with Crippen molar-refractivity contribution in [3.63, 3.8) is 0 Å². The molecule has 0 aliphatic heterocycles. The second-order valence-corrected chi connectivity index (χ2v) is 6.00. The van der Waals surface area contributed by atoms with Crippen LogP contribution < -0.4 is 15.2 Å². The molecule has 0 fully saturated rings. The van der Waals surface area contributed by atoms with Crippen molar-refractivity contribution in [3.05, 3.63) is 23.3 Å². The molecule has 3 N–H and O–H groups in total. The van der Waals surface area contributed by atoms with Gasteiger partial charge in [0, 0.05) is 12.6 Å².